The van der Waals surface area contributed by atoms with E-state index in [2.05, 4.69) is 25.7 Å². The molecule has 1 N–H and O–H groups in total. The van der Waals surface area contributed by atoms with Gasteiger partial charge in [-0.15, -0.1) is 0 Å². The number of fused-ring (bicyclic) bond motifs is 7. The maximum absolute atomic E-state index is 11.2. The van der Waals surface area contributed by atoms with Crippen molar-refractivity contribution < 1.29 is 32.3 Å². The molecule has 6 aliphatic rings. The van der Waals surface area contributed by atoms with Crippen molar-refractivity contribution in [2.75, 3.05) is 13.2 Å². The van der Waals surface area contributed by atoms with Crippen LogP contribution in [0.15, 0.2) is 0 Å². The lowest BCUT2D eigenvalue weighted by Crippen LogP contribution is -2.65. The van der Waals surface area contributed by atoms with Gasteiger partial charge in [-0.25, -0.2) is 0 Å². The molecule has 2 heterocycles. The monoisotopic (exact) mass is 520 g/mol. The first kappa shape index (κ1) is 20.3. The molecule has 2 saturated heterocycles. The van der Waals surface area contributed by atoms with Gasteiger partial charge in [0, 0.05) is 26.5 Å². The van der Waals surface area contributed by atoms with Crippen molar-refractivity contribution in [1.29, 1.82) is 0 Å². The van der Waals surface area contributed by atoms with Crippen LogP contribution in [0.25, 0.3) is 0 Å². The predicted molar refractivity (Wildman–Crippen MR) is 142 cm³/mol. The van der Waals surface area contributed by atoms with Crippen LogP contribution in [0.3, 0.4) is 0 Å². The van der Waals surface area contributed by atoms with Crippen LogP contribution >= 0.6 is 0 Å². The molecular weight excluding hydrogens is 464 g/mol. The van der Waals surface area contributed by atoms with Crippen molar-refractivity contribution in [3.63, 3.8) is 0 Å². The van der Waals surface area contributed by atoms with Crippen molar-refractivity contribution >= 4 is 0 Å². The highest BCUT2D eigenvalue weighted by Crippen LogP contribution is 2.71. The van der Waals surface area contributed by atoms with E-state index < -0.39 is 37.3 Å². The minimum atomic E-state index is -2.75. The third-order valence-electron chi connectivity index (χ3n) is 11.9. The summed E-state index contributed by atoms with van der Waals surface area (Å²) in [5, 5.41) is 11.2. The summed E-state index contributed by atoms with van der Waals surface area (Å²) < 4.78 is 72.0. The lowest BCUT2D eigenvalue weighted by atomic mass is 9.42. The second kappa shape index (κ2) is 8.93. The summed E-state index contributed by atoms with van der Waals surface area (Å²) in [7, 11) is 0. The molecule has 2 aliphatic heterocycles. The van der Waals surface area contributed by atoms with Crippen LogP contribution in [0.5, 0.6) is 0 Å². The van der Waals surface area contributed by atoms with E-state index in [0.29, 0.717) is 31.0 Å². The lowest BCUT2D eigenvalue weighted by molar-refractivity contribution is -0.300. The molecule has 1 spiro atoms. The summed E-state index contributed by atoms with van der Waals surface area (Å²) in [4.78, 5) is 0. The summed E-state index contributed by atoms with van der Waals surface area (Å²) in [5.41, 5.74) is -0.0281. The number of hydrogen-bond acceptors (Lipinski definition) is 5. The molecule has 0 bridgehead atoms. The molecule has 0 radical (unpaired) electrons. The zero-order valence-electron chi connectivity index (χ0n) is 29.2. The first-order valence-corrected chi connectivity index (χ1v) is 14.6. The van der Waals surface area contributed by atoms with E-state index in [9.17, 15) is 5.11 Å². The Bertz CT molecular complexity index is 1120. The Labute approximate surface area is 233 Å². The molecule has 5 nitrogen and oxygen atoms in total. The number of hydrogen-bond donors (Lipinski definition) is 1. The summed E-state index contributed by atoms with van der Waals surface area (Å²) in [6.07, 6.45) is 5.88. The molecule has 6 fully saturated rings. The van der Waals surface area contributed by atoms with E-state index in [-0.39, 0.29) is 40.8 Å². The summed E-state index contributed by atoms with van der Waals surface area (Å²) in [5.74, 6) is 3.74. The van der Waals surface area contributed by atoms with Crippen LogP contribution in [0.2, 0.25) is 0 Å². The maximum atomic E-state index is 11.2. The Kier molecular flexibility index (Phi) is 4.89. The lowest BCUT2D eigenvalue weighted by Gasteiger charge is -2.65. The molecule has 208 valence electrons. The molecule has 0 aromatic carbocycles. The highest BCUT2D eigenvalue weighted by Gasteiger charge is 2.70. The van der Waals surface area contributed by atoms with E-state index in [1.165, 1.54) is 0 Å². The van der Waals surface area contributed by atoms with E-state index in [0.717, 1.165) is 44.9 Å². The number of ether oxygens (including phenoxy) is 4. The van der Waals surface area contributed by atoms with Crippen molar-refractivity contribution in [2.24, 2.45) is 52.3 Å². The summed E-state index contributed by atoms with van der Waals surface area (Å²) in [6, 6.07) is 0. The Morgan fingerprint density at radius 3 is 2.32 bits per heavy atom. The number of aliphatic hydroxyl groups excluding tert-OH is 1. The second-order valence-electron chi connectivity index (χ2n) is 14.1. The van der Waals surface area contributed by atoms with Gasteiger partial charge < -0.3 is 24.1 Å². The van der Waals surface area contributed by atoms with Crippen LogP contribution in [-0.2, 0) is 18.9 Å². The molecule has 5 heteroatoms. The van der Waals surface area contributed by atoms with Gasteiger partial charge in [0.1, 0.15) is 6.10 Å². The topological polar surface area (TPSA) is 57.2 Å². The van der Waals surface area contributed by atoms with Gasteiger partial charge in [0.25, 0.3) is 0 Å². The first-order chi connectivity index (χ1) is 19.8. The quantitative estimate of drug-likeness (QED) is 0.468. The highest BCUT2D eigenvalue weighted by atomic mass is 16.8. The molecule has 0 aromatic rings. The zero-order chi connectivity index (χ0) is 31.4. The van der Waals surface area contributed by atoms with Crippen molar-refractivity contribution in [3.05, 3.63) is 0 Å². The van der Waals surface area contributed by atoms with Gasteiger partial charge in [0.15, 0.2) is 11.6 Å². The van der Waals surface area contributed by atoms with Gasteiger partial charge in [-0.05, 0) is 92.8 Å². The second-order valence-corrected chi connectivity index (χ2v) is 14.1. The molecule has 0 aromatic heterocycles. The van der Waals surface area contributed by atoms with E-state index in [4.69, 9.17) is 27.2 Å². The SMILES string of the molecule is [2H]C([2H])([2H])C(C#C[C@H](O)[C@@H](C)[C@H]1CC[C@H]2[C@@H]3CC4(OCCO4)[C@H]4C[C@@H]5OC(C)(C)O[C@@H]5C[C@]4(C)[C@H]3CC[C@]12C)C([2H])([2H])[2H]. The van der Waals surface area contributed by atoms with Crippen LogP contribution < -0.4 is 0 Å². The van der Waals surface area contributed by atoms with Crippen LogP contribution in [0, 0.1) is 64.1 Å². The van der Waals surface area contributed by atoms with Gasteiger partial charge in [0.2, 0.25) is 0 Å². The summed E-state index contributed by atoms with van der Waals surface area (Å²) in [6.45, 7) is 6.57. The molecule has 37 heavy (non-hydrogen) atoms. The Morgan fingerprint density at radius 2 is 1.59 bits per heavy atom. The first-order valence-electron chi connectivity index (χ1n) is 17.6. The highest BCUT2D eigenvalue weighted by molar-refractivity contribution is 5.17. The fourth-order valence-electron chi connectivity index (χ4n) is 10.5. The Balaban J connectivity index is 1.26. The van der Waals surface area contributed by atoms with Crippen molar-refractivity contribution in [1.82, 2.24) is 0 Å². The van der Waals surface area contributed by atoms with Crippen LogP contribution in [0.4, 0.5) is 0 Å². The smallest absolute Gasteiger partial charge is 0.172 e. The van der Waals surface area contributed by atoms with Gasteiger partial charge in [-0.1, -0.05) is 46.3 Å². The van der Waals surface area contributed by atoms with Crippen molar-refractivity contribution in [3.8, 4) is 11.8 Å². The maximum Gasteiger partial charge on any atom is 0.172 e. The third-order valence-corrected chi connectivity index (χ3v) is 11.9. The number of aliphatic hydroxyl groups is 1. The average molecular weight is 521 g/mol. The summed E-state index contributed by atoms with van der Waals surface area (Å²) >= 11 is 0. The molecule has 6 rings (SSSR count). The standard InChI is InChI=1S/C32H50O5/c1-19(2)8-11-25(33)20(3)22-9-10-23-21-17-32(34-14-15-35-32)28-16-26-27(37-29(4,5)36-26)18-31(28,7)24(21)12-13-30(22,23)6/h19-28,33H,9-10,12-18H2,1-7H3/t20-,21-,22+,23-,24-,25-,26-,27+,28-,30+,31+/m0/s1/i1D3,2D3. The minimum Gasteiger partial charge on any atom is -0.380 e. The fraction of sp³-hybridized carbons (Fsp3) is 0.938. The largest absolute Gasteiger partial charge is 0.380 e. The molecule has 0 amide bonds. The van der Waals surface area contributed by atoms with Gasteiger partial charge in [0.05, 0.1) is 25.4 Å². The Hall–Kier alpha value is -0.640. The molecule has 11 atom stereocenters. The minimum absolute atomic E-state index is 0.00616. The molecule has 0 unspecified atom stereocenters. The zero-order valence-corrected chi connectivity index (χ0v) is 23.2. The molecule has 4 saturated carbocycles. The van der Waals surface area contributed by atoms with Crippen LogP contribution in [0.1, 0.15) is 101 Å². The molecular formula is C32H50O5. The number of rotatable bonds is 2. The fourth-order valence-corrected chi connectivity index (χ4v) is 10.5. The van der Waals surface area contributed by atoms with Gasteiger partial charge in [-0.2, -0.15) is 0 Å². The normalized spacial score (nSPS) is 52.0. The van der Waals surface area contributed by atoms with Crippen molar-refractivity contribution in [2.45, 2.75) is 123 Å². The average Bonchev–Trinajstić information content (AvgIpc) is 3.55. The van der Waals surface area contributed by atoms with E-state index >= 15 is 0 Å². The third kappa shape index (κ3) is 4.07. The van der Waals surface area contributed by atoms with Gasteiger partial charge >= 0.3 is 0 Å². The van der Waals surface area contributed by atoms with Gasteiger partial charge in [-0.3, -0.25) is 0 Å². The predicted octanol–water partition coefficient (Wildman–Crippen LogP) is 5.78. The Morgan fingerprint density at radius 1 is 0.892 bits per heavy atom. The molecule has 4 aliphatic carbocycles. The van der Waals surface area contributed by atoms with Crippen LogP contribution in [-0.4, -0.2) is 48.2 Å². The van der Waals surface area contributed by atoms with E-state index in [1.54, 1.807) is 0 Å². The van der Waals surface area contributed by atoms with E-state index in [1.807, 2.05) is 20.8 Å².